The van der Waals surface area contributed by atoms with Crippen LogP contribution in [0, 0.1) is 0 Å². The molecule has 25 heavy (non-hydrogen) atoms. The van der Waals surface area contributed by atoms with Gasteiger partial charge >= 0.3 is 0 Å². The molecule has 132 valence electrons. The van der Waals surface area contributed by atoms with Gasteiger partial charge in [-0.3, -0.25) is 9.36 Å². The summed E-state index contributed by atoms with van der Waals surface area (Å²) < 4.78 is 2.14. The zero-order valence-electron chi connectivity index (χ0n) is 14.4. The Bertz CT molecular complexity index is 724. The molecule has 2 aromatic rings. The Hall–Kier alpha value is -1.82. The van der Waals surface area contributed by atoms with Crippen LogP contribution in [0.1, 0.15) is 44.9 Å². The van der Waals surface area contributed by atoms with Crippen molar-refractivity contribution in [2.75, 3.05) is 18.0 Å². The highest BCUT2D eigenvalue weighted by molar-refractivity contribution is 8.00. The van der Waals surface area contributed by atoms with Crippen molar-refractivity contribution < 1.29 is 4.79 Å². The summed E-state index contributed by atoms with van der Waals surface area (Å²) in [6.45, 7) is 2.05. The van der Waals surface area contributed by atoms with Crippen LogP contribution >= 0.6 is 11.8 Å². The molecular weight excluding hydrogens is 332 g/mol. The highest BCUT2D eigenvalue weighted by Gasteiger charge is 2.28. The van der Waals surface area contributed by atoms with Gasteiger partial charge in [0, 0.05) is 19.5 Å². The molecule has 1 saturated carbocycles. The molecule has 2 fully saturated rings. The first kappa shape index (κ1) is 16.6. The third-order valence-electron chi connectivity index (χ3n) is 5.02. The SMILES string of the molecule is O=C1CCCCC1Sc1nnc(N2CCCCC2)n1-c1ccccc1. The number of carbonyl (C=O) groups is 1. The quantitative estimate of drug-likeness (QED) is 0.832. The van der Waals surface area contributed by atoms with Crippen LogP contribution in [-0.2, 0) is 4.79 Å². The van der Waals surface area contributed by atoms with Gasteiger partial charge in [-0.2, -0.15) is 0 Å². The molecule has 0 amide bonds. The Morgan fingerprint density at radius 1 is 0.960 bits per heavy atom. The third-order valence-corrected chi connectivity index (χ3v) is 6.27. The van der Waals surface area contributed by atoms with E-state index in [1.165, 1.54) is 19.3 Å². The number of thioether (sulfide) groups is 1. The molecule has 1 aliphatic carbocycles. The maximum atomic E-state index is 12.3. The van der Waals surface area contributed by atoms with Crippen molar-refractivity contribution in [3.05, 3.63) is 30.3 Å². The predicted octanol–water partition coefficient (Wildman–Crippen LogP) is 3.86. The van der Waals surface area contributed by atoms with E-state index in [4.69, 9.17) is 0 Å². The van der Waals surface area contributed by atoms with Crippen molar-refractivity contribution in [1.29, 1.82) is 0 Å². The van der Waals surface area contributed by atoms with E-state index < -0.39 is 0 Å². The van der Waals surface area contributed by atoms with Crippen LogP contribution in [0.3, 0.4) is 0 Å². The summed E-state index contributed by atoms with van der Waals surface area (Å²) in [6.07, 6.45) is 7.49. The molecule has 0 radical (unpaired) electrons. The van der Waals surface area contributed by atoms with E-state index in [1.807, 2.05) is 18.2 Å². The monoisotopic (exact) mass is 356 g/mol. The maximum Gasteiger partial charge on any atom is 0.232 e. The third kappa shape index (κ3) is 3.59. The molecule has 4 rings (SSSR count). The maximum absolute atomic E-state index is 12.3. The number of anilines is 1. The van der Waals surface area contributed by atoms with Gasteiger partial charge in [-0.15, -0.1) is 10.2 Å². The average Bonchev–Trinajstić information content (AvgIpc) is 3.09. The first-order valence-corrected chi connectivity index (χ1v) is 10.2. The summed E-state index contributed by atoms with van der Waals surface area (Å²) in [4.78, 5) is 14.6. The van der Waals surface area contributed by atoms with E-state index >= 15 is 0 Å². The molecule has 2 heterocycles. The lowest BCUT2D eigenvalue weighted by Gasteiger charge is -2.28. The van der Waals surface area contributed by atoms with E-state index in [1.54, 1.807) is 11.8 Å². The van der Waals surface area contributed by atoms with Crippen molar-refractivity contribution in [3.8, 4) is 5.69 Å². The van der Waals surface area contributed by atoms with Crippen LogP contribution in [-0.4, -0.2) is 38.9 Å². The van der Waals surface area contributed by atoms with Crippen molar-refractivity contribution >= 4 is 23.5 Å². The molecule has 0 spiro atoms. The molecule has 1 unspecified atom stereocenters. The normalized spacial score (nSPS) is 21.5. The first-order valence-electron chi connectivity index (χ1n) is 9.28. The van der Waals surface area contributed by atoms with Crippen LogP contribution in [0.4, 0.5) is 5.95 Å². The molecule has 5 nitrogen and oxygen atoms in total. The highest BCUT2D eigenvalue weighted by Crippen LogP contribution is 2.34. The van der Waals surface area contributed by atoms with Gasteiger partial charge in [0.1, 0.15) is 5.78 Å². The Morgan fingerprint density at radius 3 is 2.52 bits per heavy atom. The topological polar surface area (TPSA) is 51.0 Å². The van der Waals surface area contributed by atoms with Crippen molar-refractivity contribution in [2.24, 2.45) is 0 Å². The van der Waals surface area contributed by atoms with Crippen LogP contribution in [0.25, 0.3) is 5.69 Å². The molecule has 0 bridgehead atoms. The Labute approximate surface area is 152 Å². The molecule has 1 atom stereocenters. The number of aromatic nitrogens is 3. The second kappa shape index (κ2) is 7.60. The molecule has 0 N–H and O–H groups in total. The number of carbonyl (C=O) groups excluding carboxylic acids is 1. The predicted molar refractivity (Wildman–Crippen MR) is 101 cm³/mol. The van der Waals surface area contributed by atoms with E-state index in [9.17, 15) is 4.79 Å². The Kier molecular flexibility index (Phi) is 5.06. The van der Waals surface area contributed by atoms with Gasteiger partial charge in [-0.1, -0.05) is 36.4 Å². The number of hydrogen-bond acceptors (Lipinski definition) is 5. The number of rotatable bonds is 4. The smallest absolute Gasteiger partial charge is 0.232 e. The molecule has 1 aromatic heterocycles. The summed E-state index contributed by atoms with van der Waals surface area (Å²) in [5.74, 6) is 1.27. The Balaban J connectivity index is 1.68. The summed E-state index contributed by atoms with van der Waals surface area (Å²) in [5.41, 5.74) is 1.07. The van der Waals surface area contributed by atoms with Gasteiger partial charge in [0.05, 0.1) is 10.9 Å². The lowest BCUT2D eigenvalue weighted by molar-refractivity contribution is -0.119. The molecule has 1 aromatic carbocycles. The zero-order chi connectivity index (χ0) is 17.1. The molecule has 2 aliphatic rings. The summed E-state index contributed by atoms with van der Waals surface area (Å²) >= 11 is 1.59. The largest absolute Gasteiger partial charge is 0.341 e. The second-order valence-electron chi connectivity index (χ2n) is 6.82. The van der Waals surface area contributed by atoms with Crippen LogP contribution in [0.2, 0.25) is 0 Å². The summed E-state index contributed by atoms with van der Waals surface area (Å²) in [6, 6.07) is 10.3. The van der Waals surface area contributed by atoms with Gasteiger partial charge in [0.25, 0.3) is 0 Å². The van der Waals surface area contributed by atoms with Crippen LogP contribution in [0.15, 0.2) is 35.5 Å². The second-order valence-corrected chi connectivity index (χ2v) is 7.99. The number of hydrogen-bond donors (Lipinski definition) is 0. The number of para-hydroxylation sites is 1. The zero-order valence-corrected chi connectivity index (χ0v) is 15.2. The van der Waals surface area contributed by atoms with Crippen molar-refractivity contribution in [3.63, 3.8) is 0 Å². The van der Waals surface area contributed by atoms with Gasteiger partial charge in [-0.25, -0.2) is 0 Å². The minimum absolute atomic E-state index is 0.0228. The van der Waals surface area contributed by atoms with Crippen LogP contribution < -0.4 is 4.90 Å². The van der Waals surface area contributed by atoms with Crippen molar-refractivity contribution in [2.45, 2.75) is 55.4 Å². The fraction of sp³-hybridized carbons (Fsp3) is 0.526. The fourth-order valence-electron chi connectivity index (χ4n) is 3.64. The number of ketones is 1. The van der Waals surface area contributed by atoms with Gasteiger partial charge in [0.15, 0.2) is 5.16 Å². The summed E-state index contributed by atoms with van der Waals surface area (Å²) in [5, 5.41) is 9.85. The minimum atomic E-state index is 0.0228. The van der Waals surface area contributed by atoms with E-state index in [0.717, 1.165) is 49.1 Å². The van der Waals surface area contributed by atoms with E-state index in [0.29, 0.717) is 12.2 Å². The van der Waals surface area contributed by atoms with Crippen LogP contribution in [0.5, 0.6) is 0 Å². The lowest BCUT2D eigenvalue weighted by Crippen LogP contribution is -2.31. The standard InChI is InChI=1S/C19H24N4OS/c24-16-11-5-6-12-17(16)25-19-21-20-18(22-13-7-2-8-14-22)23(19)15-9-3-1-4-10-15/h1,3-4,9-10,17H,2,5-8,11-14H2. The lowest BCUT2D eigenvalue weighted by atomic mass is 9.99. The number of piperidine rings is 1. The summed E-state index contributed by atoms with van der Waals surface area (Å²) in [7, 11) is 0. The average molecular weight is 356 g/mol. The van der Waals surface area contributed by atoms with Gasteiger partial charge in [0.2, 0.25) is 5.95 Å². The number of nitrogens with zero attached hydrogens (tertiary/aromatic N) is 4. The molecule has 1 aliphatic heterocycles. The van der Waals surface area contributed by atoms with Crippen molar-refractivity contribution in [1.82, 2.24) is 14.8 Å². The molecule has 1 saturated heterocycles. The first-order chi connectivity index (χ1) is 12.3. The van der Waals surface area contributed by atoms with E-state index in [2.05, 4.69) is 31.8 Å². The van der Waals surface area contributed by atoms with Gasteiger partial charge < -0.3 is 4.90 Å². The van der Waals surface area contributed by atoms with E-state index in [-0.39, 0.29) is 5.25 Å². The number of benzene rings is 1. The molecule has 6 heteroatoms. The molecular formula is C19H24N4OS. The minimum Gasteiger partial charge on any atom is -0.341 e. The van der Waals surface area contributed by atoms with Gasteiger partial charge in [-0.05, 0) is 44.2 Å². The highest BCUT2D eigenvalue weighted by atomic mass is 32.2. The fourth-order valence-corrected chi connectivity index (χ4v) is 4.81. The Morgan fingerprint density at radius 2 is 1.76 bits per heavy atom. The number of Topliss-reactive ketones (excluding diaryl/α,β-unsaturated/α-hetero) is 1.